The van der Waals surface area contributed by atoms with Crippen LogP contribution in [0.4, 0.5) is 16.2 Å². The Kier molecular flexibility index (Phi) is 26.4. The van der Waals surface area contributed by atoms with E-state index in [2.05, 4.69) is 107 Å². The molecule has 0 aromatic heterocycles. The van der Waals surface area contributed by atoms with Gasteiger partial charge in [0.2, 0.25) is 17.5 Å². The number of carboxylic acids is 3. The summed E-state index contributed by atoms with van der Waals surface area (Å²) < 4.78 is 86.3. The highest BCUT2D eigenvalue weighted by Crippen LogP contribution is 2.48. The van der Waals surface area contributed by atoms with Gasteiger partial charge in [-0.25, -0.2) is 14.4 Å². The zero-order valence-corrected chi connectivity index (χ0v) is 53.0. The molecule has 1 aliphatic carbocycles. The number of rotatable bonds is 37. The first-order chi connectivity index (χ1) is 42.7. The topological polar surface area (TPSA) is 354 Å². The SMILES string of the molecule is CC1(C)C(/C=C/C2=C(Oc3ccc(S(=O)(=O)O)cc3)C(=C/C=C3/N(CCCCS(=O)(=O)O)c4ccccc4C3(C)C)/CCC2)=[N+](CCCCCC(=O)NCCOCCOCC(=O)NCCCC[C@H](NC(=O)N[C@@H](CCC(=O)O)C(=O)O)C(=O)O)c2ccccc21. The van der Waals surface area contributed by atoms with Crippen LogP contribution in [-0.2, 0) is 64.5 Å². The number of hydrogen-bond acceptors (Lipinski definition) is 14. The maximum Gasteiger partial charge on any atom is 0.326 e. The monoisotopic (exact) mass is 1290 g/mol. The van der Waals surface area contributed by atoms with E-state index in [0.717, 1.165) is 58.8 Å². The summed E-state index contributed by atoms with van der Waals surface area (Å²) in [4.78, 5) is 73.0. The minimum absolute atomic E-state index is 0.0166. The number of carbonyl (C=O) groups excluding carboxylic acids is 3. The zero-order valence-electron chi connectivity index (χ0n) is 51.4. The maximum atomic E-state index is 12.8. The van der Waals surface area contributed by atoms with Crippen molar-refractivity contribution >= 4 is 73.1 Å². The number of carbonyl (C=O) groups is 6. The molecule has 2 heterocycles. The highest BCUT2D eigenvalue weighted by molar-refractivity contribution is 7.86. The molecule has 0 saturated heterocycles. The van der Waals surface area contributed by atoms with Crippen LogP contribution in [0, 0.1) is 0 Å². The van der Waals surface area contributed by atoms with Crippen LogP contribution in [0.2, 0.25) is 0 Å². The van der Waals surface area contributed by atoms with Gasteiger partial charge in [0.1, 0.15) is 36.7 Å². The first-order valence-corrected chi connectivity index (χ1v) is 33.3. The molecule has 26 heteroatoms. The number of urea groups is 1. The van der Waals surface area contributed by atoms with Gasteiger partial charge in [0.15, 0.2) is 5.71 Å². The van der Waals surface area contributed by atoms with Crippen molar-refractivity contribution in [3.63, 3.8) is 0 Å². The fraction of sp³-hybridized carbons (Fsp3) is 0.484. The third-order valence-electron chi connectivity index (χ3n) is 15.9. The summed E-state index contributed by atoms with van der Waals surface area (Å²) in [6.07, 6.45) is 13.8. The molecule has 0 spiro atoms. The second-order valence-corrected chi connectivity index (χ2v) is 26.3. The first kappa shape index (κ1) is 71.3. The van der Waals surface area contributed by atoms with E-state index in [4.69, 9.17) is 19.3 Å². The van der Waals surface area contributed by atoms with E-state index in [-0.39, 0.29) is 74.3 Å². The molecular weight excluding hydrogens is 1200 g/mol. The van der Waals surface area contributed by atoms with Gasteiger partial charge in [0.05, 0.1) is 35.9 Å². The number of fused-ring (bicyclic) bond motifs is 2. The van der Waals surface area contributed by atoms with Gasteiger partial charge in [-0.3, -0.25) is 23.5 Å². The lowest BCUT2D eigenvalue weighted by Gasteiger charge is -2.27. The van der Waals surface area contributed by atoms with Gasteiger partial charge in [-0.15, -0.1) is 0 Å². The lowest BCUT2D eigenvalue weighted by molar-refractivity contribution is -0.438. The van der Waals surface area contributed by atoms with E-state index in [1.54, 1.807) is 0 Å². The number of anilines is 1. The van der Waals surface area contributed by atoms with Crippen molar-refractivity contribution in [2.45, 2.75) is 145 Å². The Labute approximate surface area is 526 Å². The molecule has 9 N–H and O–H groups in total. The van der Waals surface area contributed by atoms with Gasteiger partial charge in [0.25, 0.3) is 20.2 Å². The quantitative estimate of drug-likeness (QED) is 0.0151. The van der Waals surface area contributed by atoms with Gasteiger partial charge in [0, 0.05) is 73.4 Å². The average molecular weight is 1290 g/mol. The van der Waals surface area contributed by atoms with Crippen LogP contribution in [-0.4, -0.2) is 158 Å². The molecule has 2 aliphatic heterocycles. The Hall–Kier alpha value is -7.75. The maximum absolute atomic E-state index is 12.8. The van der Waals surface area contributed by atoms with Gasteiger partial charge in [-0.2, -0.15) is 21.4 Å². The van der Waals surface area contributed by atoms with Gasteiger partial charge in [-0.05, 0) is 144 Å². The van der Waals surface area contributed by atoms with Crippen molar-refractivity contribution in [1.29, 1.82) is 0 Å². The fourth-order valence-corrected chi connectivity index (χ4v) is 12.2. The van der Waals surface area contributed by atoms with Crippen LogP contribution in [0.1, 0.15) is 129 Å². The number of nitrogens with one attached hydrogen (secondary N) is 4. The number of benzene rings is 3. The predicted octanol–water partition coefficient (Wildman–Crippen LogP) is 7.73. The van der Waals surface area contributed by atoms with Gasteiger partial charge >= 0.3 is 23.9 Å². The Morgan fingerprint density at radius 2 is 1.33 bits per heavy atom. The lowest BCUT2D eigenvalue weighted by atomic mass is 9.81. The largest absolute Gasteiger partial charge is 0.481 e. The summed E-state index contributed by atoms with van der Waals surface area (Å²) in [5.41, 5.74) is 7.58. The second-order valence-electron chi connectivity index (χ2n) is 23.3. The molecule has 0 radical (unpaired) electrons. The Morgan fingerprint density at radius 3 is 2.02 bits per heavy atom. The van der Waals surface area contributed by atoms with E-state index >= 15 is 0 Å². The highest BCUT2D eigenvalue weighted by atomic mass is 32.2. The lowest BCUT2D eigenvalue weighted by Crippen LogP contribution is -2.51. The number of amides is 4. The highest BCUT2D eigenvalue weighted by Gasteiger charge is 2.44. The summed E-state index contributed by atoms with van der Waals surface area (Å²) in [7, 11) is -8.55. The summed E-state index contributed by atoms with van der Waals surface area (Å²) >= 11 is 0. The molecule has 24 nitrogen and oxygen atoms in total. The molecule has 4 amide bonds. The van der Waals surface area contributed by atoms with Crippen LogP contribution in [0.25, 0.3) is 0 Å². The van der Waals surface area contributed by atoms with E-state index in [1.807, 2.05) is 24.3 Å². The fourth-order valence-electron chi connectivity index (χ4n) is 11.2. The molecule has 0 bridgehead atoms. The van der Waals surface area contributed by atoms with E-state index in [0.29, 0.717) is 76.0 Å². The Balaban J connectivity index is 0.997. The van der Waals surface area contributed by atoms with Crippen molar-refractivity contribution in [3.8, 4) is 5.75 Å². The van der Waals surface area contributed by atoms with E-state index in [1.165, 1.54) is 29.8 Å². The van der Waals surface area contributed by atoms with Crippen molar-refractivity contribution in [2.75, 3.05) is 63.3 Å². The van der Waals surface area contributed by atoms with Crippen LogP contribution >= 0.6 is 0 Å². The van der Waals surface area contributed by atoms with Gasteiger partial charge < -0.3 is 55.7 Å². The first-order valence-electron chi connectivity index (χ1n) is 30.3. The predicted molar refractivity (Wildman–Crippen MR) is 336 cm³/mol. The molecule has 0 unspecified atom stereocenters. The number of carboxylic acid groups (broad SMARTS) is 3. The standard InChI is InChI=1S/C64H84N6O18S2/c1-63(2)48-19-7-9-22-52(48)69(37-13-5-6-24-56(71)66-36-39-86-40-41-87-43-57(72)65-35-12-11-21-50(60(75)76)67-62(79)68-51(61(77)78)31-34-58(73)74)54(63)32-25-44-17-16-18-45(59(44)88-46-27-29-47(30-28-46)90(83,84)85)26-33-55-64(3,4)49-20-8-10-23-53(49)70(55)38-14-15-42-89(80,81)82/h7-10,19-20,22-23,25-30,32-33,50-51H,5-6,11-18,21,24,31,34-43H2,1-4H3,(H8-,65,66,67,68,71,72,73,74,75,76,77,78,79,80,81,82,83,84,85)/p+1/t50-,51-/m0/s1. The number of hydrogen-bond donors (Lipinski definition) is 9. The number of aliphatic carboxylic acids is 3. The second kappa shape index (κ2) is 33.4. The summed E-state index contributed by atoms with van der Waals surface area (Å²) in [5, 5.41) is 37.3. The van der Waals surface area contributed by atoms with Crippen LogP contribution in [0.5, 0.6) is 5.75 Å². The Bertz CT molecular complexity index is 3450. The van der Waals surface area contributed by atoms with Crippen LogP contribution < -0.4 is 30.9 Å². The smallest absolute Gasteiger partial charge is 0.326 e. The summed E-state index contributed by atoms with van der Waals surface area (Å²) in [5.74, 6) is -3.89. The molecule has 90 heavy (non-hydrogen) atoms. The molecule has 0 fully saturated rings. The third kappa shape index (κ3) is 21.2. The number of ether oxygens (including phenoxy) is 3. The molecule has 3 aromatic rings. The molecule has 0 saturated carbocycles. The van der Waals surface area contributed by atoms with Crippen molar-refractivity contribution < 1.29 is 88.8 Å². The van der Waals surface area contributed by atoms with Gasteiger partial charge in [-0.1, -0.05) is 56.3 Å². The number of allylic oxidation sites excluding steroid dienone is 7. The minimum atomic E-state index is -4.45. The molecule has 3 aliphatic rings. The number of unbranched alkanes of at least 4 members (excludes halogenated alkanes) is 4. The Morgan fingerprint density at radius 1 is 0.667 bits per heavy atom. The average Bonchev–Trinajstić information content (AvgIpc) is 1.64. The number of nitrogens with zero attached hydrogens (tertiary/aromatic N) is 2. The van der Waals surface area contributed by atoms with Crippen molar-refractivity contribution in [1.82, 2.24) is 21.3 Å². The van der Waals surface area contributed by atoms with E-state index < -0.39 is 74.0 Å². The minimum Gasteiger partial charge on any atom is -0.481 e. The molecule has 6 rings (SSSR count). The molecule has 490 valence electrons. The zero-order chi connectivity index (χ0) is 65.7. The van der Waals surface area contributed by atoms with Crippen LogP contribution in [0.15, 0.2) is 125 Å². The summed E-state index contributed by atoms with van der Waals surface area (Å²) in [6, 6.07) is 18.2. The van der Waals surface area contributed by atoms with Crippen LogP contribution in [0.3, 0.4) is 0 Å². The molecular formula is C64H85N6O18S2+. The van der Waals surface area contributed by atoms with E-state index in [9.17, 15) is 64.9 Å². The summed E-state index contributed by atoms with van der Waals surface area (Å²) in [6.45, 7) is 10.7. The van der Waals surface area contributed by atoms with Crippen molar-refractivity contribution in [2.24, 2.45) is 0 Å². The number of para-hydroxylation sites is 2. The van der Waals surface area contributed by atoms with Crippen molar-refractivity contribution in [3.05, 3.63) is 131 Å². The third-order valence-corrected chi connectivity index (χ3v) is 17.6. The molecule has 2 atom stereocenters. The normalized spacial score (nSPS) is 16.8. The molecule has 3 aromatic carbocycles.